The zero-order chi connectivity index (χ0) is 46.9. The van der Waals surface area contributed by atoms with Crippen molar-refractivity contribution in [2.24, 2.45) is 0 Å². The van der Waals surface area contributed by atoms with Gasteiger partial charge in [-0.3, -0.25) is 0 Å². The maximum atomic E-state index is 9.50. The maximum Gasteiger partial charge on any atom is 0 e. The fraction of sp³-hybridized carbons (Fsp3) is 0. The van der Waals surface area contributed by atoms with Crippen LogP contribution in [0.2, 0.25) is 0 Å². The van der Waals surface area contributed by atoms with Crippen molar-refractivity contribution in [3.63, 3.8) is 0 Å². The summed E-state index contributed by atoms with van der Waals surface area (Å²) in [4.78, 5) is 0. The van der Waals surface area contributed by atoms with Crippen LogP contribution in [0.1, 0.15) is 0 Å². The summed E-state index contributed by atoms with van der Waals surface area (Å²) in [6.07, 6.45) is 0. The molecule has 0 amide bonds. The minimum atomic E-state index is -1.00. The van der Waals surface area contributed by atoms with E-state index in [1.807, 2.05) is 0 Å². The third-order valence-electron chi connectivity index (χ3n) is 9.13. The van der Waals surface area contributed by atoms with Gasteiger partial charge in [0.2, 0.25) is 0 Å². The minimum absolute atomic E-state index is 0. The van der Waals surface area contributed by atoms with E-state index >= 15 is 0 Å². The second kappa shape index (κ2) is 39.5. The molecule has 366 valence electrons. The number of hydrogen-bond donors (Lipinski definition) is 0. The van der Waals surface area contributed by atoms with Gasteiger partial charge in [-0.05, 0) is 92.3 Å². The van der Waals surface area contributed by atoms with Crippen LogP contribution in [0.15, 0.2) is 273 Å². The SMILES string of the molecule is F[CH-]F.F[CH-]F.F[CH-]F.[Pd].[Pd].[Pd].c1ccc(P(c2ccccc2)c2ccccc2)cc1.c1ccc(P(c2ccccc2)c2ccccc2)cc1.c1ccc(P(c2ccccc2)c2ccccc2)cc1. The van der Waals surface area contributed by atoms with Gasteiger partial charge in [-0.1, -0.05) is 273 Å². The molecule has 9 aromatic rings. The second-order valence-electron chi connectivity index (χ2n) is 13.3. The first-order valence-electron chi connectivity index (χ1n) is 20.5. The molecule has 0 unspecified atom stereocenters. The molecule has 0 bridgehead atoms. The summed E-state index contributed by atoms with van der Waals surface area (Å²) in [6.45, 7) is -3.00. The molecule has 0 fully saturated rings. The average molecular weight is 1260 g/mol. The van der Waals surface area contributed by atoms with Crippen LogP contribution in [-0.4, -0.2) is 0 Å². The quantitative estimate of drug-likeness (QED) is 0.0585. The molecule has 0 aliphatic rings. The number of hydrogen-bond acceptors (Lipinski definition) is 0. The summed E-state index contributed by atoms with van der Waals surface area (Å²) in [7, 11) is -1.34. The Morgan fingerprint density at radius 3 is 0.319 bits per heavy atom. The van der Waals surface area contributed by atoms with Crippen molar-refractivity contribution in [2.75, 3.05) is 0 Å². The first-order valence-corrected chi connectivity index (χ1v) is 24.5. The van der Waals surface area contributed by atoms with Crippen molar-refractivity contribution in [1.29, 1.82) is 0 Å². The molecule has 0 aromatic heterocycles. The molecule has 0 heterocycles. The Bertz CT molecular complexity index is 1950. The predicted octanol–water partition coefficient (Wildman–Crippen LogP) is 13.5. The van der Waals surface area contributed by atoms with Crippen molar-refractivity contribution in [2.45, 2.75) is 0 Å². The Labute approximate surface area is 449 Å². The van der Waals surface area contributed by atoms with Gasteiger partial charge >= 0.3 is 0 Å². The van der Waals surface area contributed by atoms with Gasteiger partial charge in [0.25, 0.3) is 0 Å². The summed E-state index contributed by atoms with van der Waals surface area (Å²) in [5, 5.41) is 12.6. The van der Waals surface area contributed by atoms with Crippen LogP contribution in [0.4, 0.5) is 26.3 Å². The van der Waals surface area contributed by atoms with Crippen molar-refractivity contribution in [3.8, 4) is 0 Å². The van der Waals surface area contributed by atoms with Crippen molar-refractivity contribution in [1.82, 2.24) is 0 Å². The van der Waals surface area contributed by atoms with Gasteiger partial charge in [0.1, 0.15) is 0 Å². The van der Waals surface area contributed by atoms with Gasteiger partial charge in [-0.2, -0.15) is 0 Å². The van der Waals surface area contributed by atoms with Crippen molar-refractivity contribution < 1.29 is 87.6 Å². The van der Waals surface area contributed by atoms with Crippen LogP contribution < -0.4 is 47.7 Å². The van der Waals surface area contributed by atoms with Crippen LogP contribution in [0, 0.1) is 20.8 Å². The molecule has 0 aliphatic heterocycles. The van der Waals surface area contributed by atoms with Crippen LogP contribution in [-0.2, 0) is 61.3 Å². The average Bonchev–Trinajstić information content (AvgIpc) is 3.38. The third-order valence-corrected chi connectivity index (χ3v) is 16.5. The van der Waals surface area contributed by atoms with Crippen molar-refractivity contribution >= 4 is 71.5 Å². The molecular formula is C57H48F6P3Pd3-3. The summed E-state index contributed by atoms with van der Waals surface area (Å²) < 4.78 is 57.0. The van der Waals surface area contributed by atoms with Gasteiger partial charge < -0.3 is 26.3 Å². The van der Waals surface area contributed by atoms with E-state index in [0.717, 1.165) is 0 Å². The molecule has 9 rings (SSSR count). The van der Waals surface area contributed by atoms with Crippen LogP contribution >= 0.6 is 23.8 Å². The van der Waals surface area contributed by atoms with E-state index in [1.165, 1.54) is 47.7 Å². The molecule has 12 heteroatoms. The van der Waals surface area contributed by atoms with Crippen molar-refractivity contribution in [3.05, 3.63) is 294 Å². The molecule has 0 atom stereocenters. The molecule has 0 saturated heterocycles. The van der Waals surface area contributed by atoms with E-state index in [2.05, 4.69) is 273 Å². The van der Waals surface area contributed by atoms with Crippen LogP contribution in [0.5, 0.6) is 0 Å². The molecule has 0 saturated carbocycles. The van der Waals surface area contributed by atoms with Crippen LogP contribution in [0.3, 0.4) is 0 Å². The molecule has 9 aromatic carbocycles. The first-order chi connectivity index (χ1) is 32.6. The van der Waals surface area contributed by atoms with E-state index in [-0.39, 0.29) is 61.3 Å². The van der Waals surface area contributed by atoms with Gasteiger partial charge in [0.15, 0.2) is 0 Å². The zero-order valence-corrected chi connectivity index (χ0v) is 44.1. The van der Waals surface area contributed by atoms with E-state index in [9.17, 15) is 26.3 Å². The fourth-order valence-corrected chi connectivity index (χ4v) is 13.5. The summed E-state index contributed by atoms with van der Waals surface area (Å²) in [5.74, 6) is 0. The largest absolute Gasteiger partial charge is 0.425 e. The van der Waals surface area contributed by atoms with Gasteiger partial charge in [-0.15, -0.1) is 0 Å². The smallest absolute Gasteiger partial charge is 0 e. The molecule has 0 radical (unpaired) electrons. The Hall–Kier alpha value is -4.16. The Balaban J connectivity index is 0.000000466. The minimum Gasteiger partial charge on any atom is -0.425 e. The summed E-state index contributed by atoms with van der Waals surface area (Å²) in [5.41, 5.74) is 0. The van der Waals surface area contributed by atoms with E-state index < -0.39 is 44.5 Å². The molecule has 0 spiro atoms. The van der Waals surface area contributed by atoms with Gasteiger partial charge in [-0.25, -0.2) is 0 Å². The number of benzene rings is 9. The van der Waals surface area contributed by atoms with E-state index in [1.54, 1.807) is 0 Å². The second-order valence-corrected chi connectivity index (χ2v) is 19.9. The standard InChI is InChI=1S/3C18H15P.3CHF2.3Pd/c3*1-4-10-16(11-5-1)19(17-12-6-2-7-13-17)18-14-8-3-9-15-18;3*2-1-3;;;/h3*1-15H;3*1H;;;/q;;;3*-1;;;. The number of rotatable bonds is 9. The topological polar surface area (TPSA) is 0 Å². The Morgan fingerprint density at radius 1 is 0.174 bits per heavy atom. The van der Waals surface area contributed by atoms with E-state index in [0.29, 0.717) is 0 Å². The Morgan fingerprint density at radius 2 is 0.246 bits per heavy atom. The molecule has 0 aliphatic carbocycles. The van der Waals surface area contributed by atoms with Crippen LogP contribution in [0.25, 0.3) is 0 Å². The predicted molar refractivity (Wildman–Crippen MR) is 275 cm³/mol. The maximum absolute atomic E-state index is 9.50. The summed E-state index contributed by atoms with van der Waals surface area (Å²) >= 11 is 0. The normalized spacial score (nSPS) is 9.52. The molecule has 0 N–H and O–H groups in total. The van der Waals surface area contributed by atoms with Gasteiger partial charge in [0, 0.05) is 61.3 Å². The molecule has 69 heavy (non-hydrogen) atoms. The number of halogens is 6. The van der Waals surface area contributed by atoms with E-state index in [4.69, 9.17) is 0 Å². The third kappa shape index (κ3) is 22.6. The van der Waals surface area contributed by atoms with Gasteiger partial charge in [0.05, 0.1) is 0 Å². The fourth-order valence-electron chi connectivity index (χ4n) is 6.54. The Kier molecular flexibility index (Phi) is 36.0. The monoisotopic (exact) mass is 1260 g/mol. The summed E-state index contributed by atoms with van der Waals surface area (Å²) in [6, 6.07) is 97.0. The molecule has 0 nitrogen and oxygen atoms in total. The molecular weight excluding hydrogens is 1210 g/mol. The first kappa shape index (κ1) is 62.9. The zero-order valence-electron chi connectivity index (χ0n) is 36.8.